The molecule has 1 heterocycles. The van der Waals surface area contributed by atoms with Crippen molar-refractivity contribution in [1.29, 1.82) is 0 Å². The fraction of sp³-hybridized carbons (Fsp3) is 0.333. The van der Waals surface area contributed by atoms with E-state index in [0.717, 1.165) is 34.5 Å². The lowest BCUT2D eigenvalue weighted by Crippen LogP contribution is -2.24. The number of pyridine rings is 1. The first kappa shape index (κ1) is 20.4. The maximum absolute atomic E-state index is 12.8. The largest absolute Gasteiger partial charge is 0.325 e. The zero-order valence-electron chi connectivity index (χ0n) is 16.9. The van der Waals surface area contributed by atoms with Crippen LogP contribution in [-0.2, 0) is 11.2 Å². The first-order chi connectivity index (χ1) is 13.6. The molecule has 1 unspecified atom stereocenters. The fourth-order valence-corrected chi connectivity index (χ4v) is 4.23. The van der Waals surface area contributed by atoms with E-state index in [1.54, 1.807) is 0 Å². The Hall–Kier alpha value is -2.33. The van der Waals surface area contributed by atoms with Gasteiger partial charge in [0.1, 0.15) is 0 Å². The average molecular weight is 393 g/mol. The summed E-state index contributed by atoms with van der Waals surface area (Å²) in [6, 6.07) is 18.4. The number of hydrogen-bond acceptors (Lipinski definition) is 3. The Bertz CT molecular complexity index is 937. The van der Waals surface area contributed by atoms with Gasteiger partial charge < -0.3 is 5.32 Å². The van der Waals surface area contributed by atoms with Crippen molar-refractivity contribution in [2.45, 2.75) is 56.7 Å². The van der Waals surface area contributed by atoms with Crippen molar-refractivity contribution in [3.8, 4) is 0 Å². The predicted molar refractivity (Wildman–Crippen MR) is 120 cm³/mol. The molecule has 3 nitrogen and oxygen atoms in total. The van der Waals surface area contributed by atoms with Gasteiger partial charge in [-0.3, -0.25) is 4.79 Å². The Balaban J connectivity index is 1.68. The SMILES string of the molecule is CCCCc1ccc(NC(=O)C(CC)Sc2cc(C)c3ccccc3n2)cc1. The third-order valence-electron chi connectivity index (χ3n) is 4.87. The molecule has 1 aromatic heterocycles. The molecule has 0 saturated carbocycles. The highest BCUT2D eigenvalue weighted by molar-refractivity contribution is 8.00. The van der Waals surface area contributed by atoms with E-state index in [4.69, 9.17) is 4.98 Å². The number of thioether (sulfide) groups is 1. The van der Waals surface area contributed by atoms with Crippen LogP contribution in [0.15, 0.2) is 59.6 Å². The summed E-state index contributed by atoms with van der Waals surface area (Å²) in [7, 11) is 0. The van der Waals surface area contributed by atoms with Crippen molar-refractivity contribution < 1.29 is 4.79 Å². The number of anilines is 1. The molecule has 0 radical (unpaired) electrons. The van der Waals surface area contributed by atoms with E-state index in [1.807, 2.05) is 37.3 Å². The molecule has 146 valence electrons. The lowest BCUT2D eigenvalue weighted by molar-refractivity contribution is -0.115. The van der Waals surface area contributed by atoms with Crippen LogP contribution in [-0.4, -0.2) is 16.1 Å². The Labute approximate surface area is 172 Å². The maximum atomic E-state index is 12.8. The van der Waals surface area contributed by atoms with Gasteiger partial charge in [-0.25, -0.2) is 4.98 Å². The van der Waals surface area contributed by atoms with E-state index in [2.05, 4.69) is 43.4 Å². The number of aromatic nitrogens is 1. The third-order valence-corrected chi connectivity index (χ3v) is 6.15. The van der Waals surface area contributed by atoms with Gasteiger partial charge in [-0.2, -0.15) is 0 Å². The summed E-state index contributed by atoms with van der Waals surface area (Å²) in [6.07, 6.45) is 4.22. The standard InChI is InChI=1S/C24H28N2OS/c1-4-6-9-18-12-14-19(15-13-18)25-24(27)22(5-2)28-23-16-17(3)20-10-7-8-11-21(20)26-23/h7-8,10-16,22H,4-6,9H2,1-3H3,(H,25,27). The molecule has 1 atom stereocenters. The second kappa shape index (κ2) is 9.74. The zero-order chi connectivity index (χ0) is 19.9. The van der Waals surface area contributed by atoms with Crippen molar-refractivity contribution in [3.05, 3.63) is 65.7 Å². The number of benzene rings is 2. The molecule has 0 aliphatic heterocycles. The molecule has 1 N–H and O–H groups in total. The van der Waals surface area contributed by atoms with Crippen LogP contribution >= 0.6 is 11.8 Å². The number of rotatable bonds is 8. The number of carbonyl (C=O) groups is 1. The van der Waals surface area contributed by atoms with E-state index in [-0.39, 0.29) is 11.2 Å². The first-order valence-corrected chi connectivity index (χ1v) is 10.9. The quantitative estimate of drug-likeness (QED) is 0.451. The molecule has 4 heteroatoms. The van der Waals surface area contributed by atoms with E-state index < -0.39 is 0 Å². The monoisotopic (exact) mass is 392 g/mol. The molecular weight excluding hydrogens is 364 g/mol. The highest BCUT2D eigenvalue weighted by Crippen LogP contribution is 2.28. The fourth-order valence-electron chi connectivity index (χ4n) is 3.21. The van der Waals surface area contributed by atoms with E-state index in [1.165, 1.54) is 35.7 Å². The van der Waals surface area contributed by atoms with Crippen molar-refractivity contribution in [2.75, 3.05) is 5.32 Å². The number of carbonyl (C=O) groups excluding carboxylic acids is 1. The number of nitrogens with zero attached hydrogens (tertiary/aromatic N) is 1. The van der Waals surface area contributed by atoms with Gasteiger partial charge in [-0.15, -0.1) is 0 Å². The zero-order valence-corrected chi connectivity index (χ0v) is 17.7. The summed E-state index contributed by atoms with van der Waals surface area (Å²) in [4.78, 5) is 17.5. The van der Waals surface area contributed by atoms with Gasteiger partial charge in [-0.05, 0) is 61.6 Å². The Morgan fingerprint density at radius 2 is 1.86 bits per heavy atom. The Kier molecular flexibility index (Phi) is 7.10. The summed E-state index contributed by atoms with van der Waals surface area (Å²) < 4.78 is 0. The molecule has 28 heavy (non-hydrogen) atoms. The molecule has 0 bridgehead atoms. The van der Waals surface area contributed by atoms with Crippen molar-refractivity contribution in [3.63, 3.8) is 0 Å². The lowest BCUT2D eigenvalue weighted by Gasteiger charge is -2.15. The van der Waals surface area contributed by atoms with Crippen molar-refractivity contribution in [2.24, 2.45) is 0 Å². The van der Waals surface area contributed by atoms with Crippen LogP contribution in [0.3, 0.4) is 0 Å². The molecule has 3 rings (SSSR count). The highest BCUT2D eigenvalue weighted by Gasteiger charge is 2.19. The van der Waals surface area contributed by atoms with Crippen LogP contribution in [0.1, 0.15) is 44.2 Å². The van der Waals surface area contributed by atoms with Gasteiger partial charge in [0.25, 0.3) is 0 Å². The third kappa shape index (κ3) is 5.14. The summed E-state index contributed by atoms with van der Waals surface area (Å²) in [5.41, 5.74) is 4.33. The van der Waals surface area contributed by atoms with Crippen LogP contribution in [0.2, 0.25) is 0 Å². The molecule has 2 aromatic carbocycles. The number of aryl methyl sites for hydroxylation is 2. The van der Waals surface area contributed by atoms with Crippen LogP contribution in [0.4, 0.5) is 5.69 Å². The smallest absolute Gasteiger partial charge is 0.237 e. The maximum Gasteiger partial charge on any atom is 0.237 e. The molecule has 3 aromatic rings. The second-order valence-electron chi connectivity index (χ2n) is 7.10. The van der Waals surface area contributed by atoms with E-state index >= 15 is 0 Å². The Morgan fingerprint density at radius 3 is 2.57 bits per heavy atom. The first-order valence-electron chi connectivity index (χ1n) is 10.0. The van der Waals surface area contributed by atoms with Gasteiger partial charge in [0.2, 0.25) is 5.91 Å². The van der Waals surface area contributed by atoms with Gasteiger partial charge >= 0.3 is 0 Å². The predicted octanol–water partition coefficient (Wildman–Crippen LogP) is 6.40. The van der Waals surface area contributed by atoms with Gasteiger partial charge in [-0.1, -0.05) is 62.4 Å². The molecule has 0 saturated heterocycles. The topological polar surface area (TPSA) is 42.0 Å². The highest BCUT2D eigenvalue weighted by atomic mass is 32.2. The van der Waals surface area contributed by atoms with Crippen LogP contribution < -0.4 is 5.32 Å². The van der Waals surface area contributed by atoms with Crippen LogP contribution in [0.5, 0.6) is 0 Å². The number of nitrogens with one attached hydrogen (secondary N) is 1. The van der Waals surface area contributed by atoms with Gasteiger partial charge in [0.05, 0.1) is 15.8 Å². The molecule has 0 aliphatic rings. The number of amides is 1. The van der Waals surface area contributed by atoms with Crippen LogP contribution in [0.25, 0.3) is 10.9 Å². The van der Waals surface area contributed by atoms with E-state index in [9.17, 15) is 4.79 Å². The van der Waals surface area contributed by atoms with E-state index in [0.29, 0.717) is 0 Å². The summed E-state index contributed by atoms with van der Waals surface area (Å²) in [5, 5.41) is 4.94. The molecule has 1 amide bonds. The lowest BCUT2D eigenvalue weighted by atomic mass is 10.1. The van der Waals surface area contributed by atoms with Gasteiger partial charge in [0, 0.05) is 11.1 Å². The minimum atomic E-state index is -0.173. The number of hydrogen-bond donors (Lipinski definition) is 1. The summed E-state index contributed by atoms with van der Waals surface area (Å²) in [5.74, 6) is 0.0291. The number of para-hydroxylation sites is 1. The molecule has 0 spiro atoms. The summed E-state index contributed by atoms with van der Waals surface area (Å²) >= 11 is 1.54. The van der Waals surface area contributed by atoms with Crippen molar-refractivity contribution in [1.82, 2.24) is 4.98 Å². The number of fused-ring (bicyclic) bond motifs is 1. The van der Waals surface area contributed by atoms with Gasteiger partial charge in [0.15, 0.2) is 0 Å². The summed E-state index contributed by atoms with van der Waals surface area (Å²) in [6.45, 7) is 6.33. The Morgan fingerprint density at radius 1 is 1.11 bits per heavy atom. The average Bonchev–Trinajstić information content (AvgIpc) is 2.71. The minimum Gasteiger partial charge on any atom is -0.325 e. The molecule has 0 aliphatic carbocycles. The van der Waals surface area contributed by atoms with Crippen molar-refractivity contribution >= 4 is 34.3 Å². The second-order valence-corrected chi connectivity index (χ2v) is 8.32. The van der Waals surface area contributed by atoms with Crippen LogP contribution in [0, 0.1) is 6.92 Å². The normalized spacial score (nSPS) is 12.1. The number of unbranched alkanes of at least 4 members (excludes halogenated alkanes) is 1. The molecular formula is C24H28N2OS. The minimum absolute atomic E-state index is 0.0291. The molecule has 0 fully saturated rings.